The van der Waals surface area contributed by atoms with E-state index in [1.54, 1.807) is 0 Å². The van der Waals surface area contributed by atoms with Gasteiger partial charge in [-0.25, -0.2) is 4.39 Å². The van der Waals surface area contributed by atoms with E-state index in [9.17, 15) is 9.18 Å². The quantitative estimate of drug-likeness (QED) is 0.812. The molecule has 5 heteroatoms. The van der Waals surface area contributed by atoms with E-state index in [1.165, 1.54) is 18.9 Å². The number of hydrogen-bond acceptors (Lipinski definition) is 3. The largest absolute Gasteiger partial charge is 0.342 e. The van der Waals surface area contributed by atoms with Crippen LogP contribution in [0.4, 0.5) is 4.39 Å². The maximum atomic E-state index is 13.9. The molecule has 1 spiro atoms. The van der Waals surface area contributed by atoms with Crippen LogP contribution in [-0.4, -0.2) is 65.9 Å². The van der Waals surface area contributed by atoms with Gasteiger partial charge in [0.05, 0.1) is 0 Å². The summed E-state index contributed by atoms with van der Waals surface area (Å²) in [6, 6.07) is 5.39. The zero-order valence-electron chi connectivity index (χ0n) is 16.7. The minimum atomic E-state index is -0.118. The molecule has 2 saturated heterocycles. The van der Waals surface area contributed by atoms with Crippen LogP contribution in [-0.2, 0) is 11.3 Å². The first-order chi connectivity index (χ1) is 13.0. The van der Waals surface area contributed by atoms with Gasteiger partial charge in [0.25, 0.3) is 0 Å². The summed E-state index contributed by atoms with van der Waals surface area (Å²) in [7, 11) is 2.21. The average Bonchev–Trinajstić information content (AvgIpc) is 3.48. The summed E-state index contributed by atoms with van der Waals surface area (Å²) in [5.41, 5.74) is 1.90. The van der Waals surface area contributed by atoms with E-state index in [0.717, 1.165) is 69.2 Å². The van der Waals surface area contributed by atoms with Gasteiger partial charge < -0.3 is 4.90 Å². The number of rotatable bonds is 4. The number of nitrogens with zero attached hydrogens (tertiary/aromatic N) is 3. The van der Waals surface area contributed by atoms with E-state index in [2.05, 4.69) is 21.7 Å². The Kier molecular flexibility index (Phi) is 5.26. The van der Waals surface area contributed by atoms with Gasteiger partial charge in [-0.1, -0.05) is 12.1 Å². The number of benzene rings is 1. The number of hydrogen-bond donors (Lipinski definition) is 0. The summed E-state index contributed by atoms with van der Waals surface area (Å²) in [6.45, 7) is 7.47. The fraction of sp³-hybridized carbons (Fsp3) is 0.682. The van der Waals surface area contributed by atoms with E-state index in [-0.39, 0.29) is 11.4 Å². The number of piperazine rings is 1. The van der Waals surface area contributed by atoms with Crippen LogP contribution in [0.2, 0.25) is 0 Å². The highest BCUT2D eigenvalue weighted by Gasteiger charge is 2.42. The van der Waals surface area contributed by atoms with Gasteiger partial charge in [0.15, 0.2) is 0 Å². The van der Waals surface area contributed by atoms with Crippen molar-refractivity contribution in [3.8, 4) is 0 Å². The molecule has 1 aliphatic carbocycles. The second-order valence-electron chi connectivity index (χ2n) is 8.91. The van der Waals surface area contributed by atoms with Crippen LogP contribution >= 0.6 is 0 Å². The van der Waals surface area contributed by atoms with Crippen LogP contribution < -0.4 is 0 Å². The summed E-state index contributed by atoms with van der Waals surface area (Å²) in [5, 5.41) is 0. The molecule has 1 unspecified atom stereocenters. The smallest absolute Gasteiger partial charge is 0.222 e. The molecule has 27 heavy (non-hydrogen) atoms. The molecule has 1 aromatic carbocycles. The highest BCUT2D eigenvalue weighted by molar-refractivity contribution is 5.76. The number of carbonyl (C=O) groups excluding carboxylic acids is 1. The topological polar surface area (TPSA) is 26.8 Å². The van der Waals surface area contributed by atoms with Crippen LogP contribution in [0.5, 0.6) is 0 Å². The summed E-state index contributed by atoms with van der Waals surface area (Å²) in [5.74, 6) is 0.969. The first-order valence-electron chi connectivity index (χ1n) is 10.4. The van der Waals surface area contributed by atoms with Crippen LogP contribution in [0, 0.1) is 18.7 Å². The Balaban J connectivity index is 1.46. The molecule has 4 rings (SSSR count). The van der Waals surface area contributed by atoms with Crippen molar-refractivity contribution >= 4 is 5.91 Å². The highest BCUT2D eigenvalue weighted by Crippen LogP contribution is 2.35. The number of likely N-dealkylation sites (N-methyl/N-ethyl adjacent to an activating group) is 1. The molecule has 3 aliphatic rings. The van der Waals surface area contributed by atoms with E-state index >= 15 is 0 Å². The summed E-state index contributed by atoms with van der Waals surface area (Å²) in [6.07, 6.45) is 5.21. The zero-order valence-corrected chi connectivity index (χ0v) is 16.7. The lowest BCUT2D eigenvalue weighted by molar-refractivity contribution is -0.131. The van der Waals surface area contributed by atoms with Crippen molar-refractivity contribution in [2.24, 2.45) is 5.92 Å². The van der Waals surface area contributed by atoms with Crippen LogP contribution in [0.3, 0.4) is 0 Å². The Hall–Kier alpha value is -1.46. The van der Waals surface area contributed by atoms with Gasteiger partial charge in [0, 0.05) is 51.2 Å². The van der Waals surface area contributed by atoms with Gasteiger partial charge in [0.2, 0.25) is 5.91 Å². The van der Waals surface area contributed by atoms with E-state index in [4.69, 9.17) is 0 Å². The second-order valence-corrected chi connectivity index (χ2v) is 8.91. The molecular weight excluding hydrogens is 341 g/mol. The fourth-order valence-corrected chi connectivity index (χ4v) is 4.78. The third kappa shape index (κ3) is 4.04. The lowest BCUT2D eigenvalue weighted by Gasteiger charge is -2.49. The van der Waals surface area contributed by atoms with Gasteiger partial charge in [0.1, 0.15) is 5.82 Å². The lowest BCUT2D eigenvalue weighted by atomic mass is 9.86. The molecule has 0 N–H and O–H groups in total. The van der Waals surface area contributed by atoms with Crippen molar-refractivity contribution < 1.29 is 9.18 Å². The maximum absolute atomic E-state index is 13.9. The van der Waals surface area contributed by atoms with Gasteiger partial charge >= 0.3 is 0 Å². The number of amides is 1. The molecular formula is C22H32FN3O. The van der Waals surface area contributed by atoms with E-state index in [0.29, 0.717) is 12.3 Å². The van der Waals surface area contributed by atoms with Crippen LogP contribution in [0.15, 0.2) is 18.2 Å². The number of carbonyl (C=O) groups is 1. The van der Waals surface area contributed by atoms with Gasteiger partial charge in [-0.3, -0.25) is 14.6 Å². The highest BCUT2D eigenvalue weighted by atomic mass is 19.1. The lowest BCUT2D eigenvalue weighted by Crippen LogP contribution is -2.60. The molecule has 0 bridgehead atoms. The fourth-order valence-electron chi connectivity index (χ4n) is 4.78. The Morgan fingerprint density at radius 1 is 1.19 bits per heavy atom. The summed E-state index contributed by atoms with van der Waals surface area (Å²) >= 11 is 0. The van der Waals surface area contributed by atoms with Crippen molar-refractivity contribution in [3.63, 3.8) is 0 Å². The van der Waals surface area contributed by atoms with Gasteiger partial charge in [-0.2, -0.15) is 0 Å². The average molecular weight is 374 g/mol. The van der Waals surface area contributed by atoms with E-state index in [1.807, 2.05) is 19.1 Å². The molecule has 0 aromatic heterocycles. The van der Waals surface area contributed by atoms with Crippen molar-refractivity contribution in [1.82, 2.24) is 14.7 Å². The van der Waals surface area contributed by atoms with E-state index < -0.39 is 0 Å². The Morgan fingerprint density at radius 2 is 2.00 bits per heavy atom. The van der Waals surface area contributed by atoms with Crippen molar-refractivity contribution in [2.45, 2.75) is 51.1 Å². The first-order valence-corrected chi connectivity index (χ1v) is 10.4. The molecule has 1 atom stereocenters. The minimum Gasteiger partial charge on any atom is -0.342 e. The van der Waals surface area contributed by atoms with Crippen molar-refractivity contribution in [2.75, 3.05) is 39.8 Å². The monoisotopic (exact) mass is 373 g/mol. The molecule has 2 heterocycles. The van der Waals surface area contributed by atoms with Crippen molar-refractivity contribution in [3.05, 3.63) is 35.1 Å². The normalized spacial score (nSPS) is 28.0. The molecule has 1 saturated carbocycles. The zero-order chi connectivity index (χ0) is 19.0. The van der Waals surface area contributed by atoms with Gasteiger partial charge in [-0.05, 0) is 62.8 Å². The Bertz CT molecular complexity index is 705. The molecule has 4 nitrogen and oxygen atoms in total. The first kappa shape index (κ1) is 18.9. The molecule has 3 fully saturated rings. The SMILES string of the molecule is Cc1c(F)cccc1CN1CCN(C)C2(CCC(=O)N(CC3CC3)CC2)C1. The molecule has 2 aliphatic heterocycles. The van der Waals surface area contributed by atoms with Gasteiger partial charge in [-0.15, -0.1) is 0 Å². The molecule has 1 amide bonds. The number of likely N-dealkylation sites (tertiary alicyclic amines) is 1. The maximum Gasteiger partial charge on any atom is 0.222 e. The molecule has 0 radical (unpaired) electrons. The standard InChI is InChI=1S/C22H32FN3O/c1-17-19(4-3-5-20(17)23)15-25-13-12-24(2)22(16-25)9-8-21(27)26(11-10-22)14-18-6-7-18/h3-5,18H,6-16H2,1-2H3. The molecule has 1 aromatic rings. The van der Waals surface area contributed by atoms with Crippen LogP contribution in [0.25, 0.3) is 0 Å². The minimum absolute atomic E-state index is 0.0629. The predicted molar refractivity (Wildman–Crippen MR) is 105 cm³/mol. The third-order valence-electron chi connectivity index (χ3n) is 7.03. The van der Waals surface area contributed by atoms with Crippen LogP contribution in [0.1, 0.15) is 43.2 Å². The predicted octanol–water partition coefficient (Wildman–Crippen LogP) is 3.04. The summed E-state index contributed by atoms with van der Waals surface area (Å²) < 4.78 is 13.9. The molecule has 148 valence electrons. The Labute approximate surface area is 162 Å². The Morgan fingerprint density at radius 3 is 2.78 bits per heavy atom. The third-order valence-corrected chi connectivity index (χ3v) is 7.03. The summed E-state index contributed by atoms with van der Waals surface area (Å²) in [4.78, 5) is 19.7. The number of halogens is 1. The second kappa shape index (κ2) is 7.51. The van der Waals surface area contributed by atoms with Crippen molar-refractivity contribution in [1.29, 1.82) is 0 Å².